The highest BCUT2D eigenvalue weighted by Gasteiger charge is 2.19. The molecule has 0 amide bonds. The lowest BCUT2D eigenvalue weighted by atomic mass is 10.0. The molecule has 3 heterocycles. The molecule has 0 N–H and O–H groups in total. The Bertz CT molecular complexity index is 1040. The quantitative estimate of drug-likeness (QED) is 0.559. The van der Waals surface area contributed by atoms with Gasteiger partial charge < -0.3 is 9.09 Å². The summed E-state index contributed by atoms with van der Waals surface area (Å²) in [5, 5.41) is 4.08. The number of imidazole rings is 1. The summed E-state index contributed by atoms with van der Waals surface area (Å²) >= 11 is 0. The maximum absolute atomic E-state index is 5.35. The molecular weight excluding hydrogens is 312 g/mol. The summed E-state index contributed by atoms with van der Waals surface area (Å²) in [7, 11) is 0. The minimum Gasteiger partial charge on any atom is -0.361 e. The molecule has 5 heteroatoms. The van der Waals surface area contributed by atoms with Gasteiger partial charge in [0.1, 0.15) is 11.6 Å². The number of fused-ring (bicyclic) bond motifs is 1. The first-order valence-electron chi connectivity index (χ1n) is 8.36. The van der Waals surface area contributed by atoms with E-state index in [1.807, 2.05) is 33.0 Å². The number of aryl methyl sites for hydroxylation is 4. The molecule has 0 bridgehead atoms. The van der Waals surface area contributed by atoms with Crippen molar-refractivity contribution in [2.45, 2.75) is 34.2 Å². The van der Waals surface area contributed by atoms with Gasteiger partial charge in [-0.3, -0.25) is 0 Å². The molecule has 0 aliphatic heterocycles. The minimum absolute atomic E-state index is 0.775. The predicted molar refractivity (Wildman–Crippen MR) is 97.5 cm³/mol. The molecule has 4 aromatic rings. The van der Waals surface area contributed by atoms with Gasteiger partial charge in [0.2, 0.25) is 0 Å². The Morgan fingerprint density at radius 1 is 1.04 bits per heavy atom. The van der Waals surface area contributed by atoms with Crippen molar-refractivity contribution in [2.75, 3.05) is 0 Å². The van der Waals surface area contributed by atoms with Crippen LogP contribution >= 0.6 is 0 Å². The van der Waals surface area contributed by atoms with E-state index in [2.05, 4.69) is 50.9 Å². The highest BCUT2D eigenvalue weighted by Crippen LogP contribution is 2.33. The Morgan fingerprint density at radius 3 is 2.48 bits per heavy atom. The molecule has 5 nitrogen and oxygen atoms in total. The monoisotopic (exact) mass is 332 g/mol. The van der Waals surface area contributed by atoms with Crippen molar-refractivity contribution in [3.8, 4) is 11.1 Å². The molecule has 0 fully saturated rings. The van der Waals surface area contributed by atoms with Gasteiger partial charge in [0.05, 0.1) is 11.2 Å². The van der Waals surface area contributed by atoms with Crippen LogP contribution in [0.3, 0.4) is 0 Å². The molecule has 0 saturated heterocycles. The molecule has 0 spiro atoms. The number of pyridine rings is 1. The molecule has 126 valence electrons. The van der Waals surface area contributed by atoms with Crippen molar-refractivity contribution in [2.24, 2.45) is 0 Å². The largest absolute Gasteiger partial charge is 0.361 e. The van der Waals surface area contributed by atoms with Crippen molar-refractivity contribution in [1.82, 2.24) is 19.7 Å². The molecule has 1 aromatic carbocycles. The lowest BCUT2D eigenvalue weighted by molar-refractivity contribution is 0.393. The van der Waals surface area contributed by atoms with Crippen molar-refractivity contribution in [3.05, 3.63) is 64.9 Å². The average Bonchev–Trinajstić information content (AvgIpc) is 3.10. The Kier molecular flexibility index (Phi) is 3.64. The van der Waals surface area contributed by atoms with Gasteiger partial charge in [0.15, 0.2) is 5.65 Å². The fraction of sp³-hybridized carbons (Fsp3) is 0.250. The number of benzene rings is 1. The van der Waals surface area contributed by atoms with E-state index in [0.717, 1.165) is 51.7 Å². The van der Waals surface area contributed by atoms with Crippen LogP contribution in [0.5, 0.6) is 0 Å². The maximum atomic E-state index is 5.35. The van der Waals surface area contributed by atoms with Crippen molar-refractivity contribution in [3.63, 3.8) is 0 Å². The van der Waals surface area contributed by atoms with Gasteiger partial charge in [0.25, 0.3) is 0 Å². The molecule has 25 heavy (non-hydrogen) atoms. The van der Waals surface area contributed by atoms with Gasteiger partial charge in [-0.15, -0.1) is 0 Å². The second-order valence-corrected chi connectivity index (χ2v) is 6.40. The molecule has 4 rings (SSSR count). The molecule has 0 aliphatic rings. The Labute approximate surface area is 146 Å². The second kappa shape index (κ2) is 5.84. The van der Waals surface area contributed by atoms with Crippen molar-refractivity contribution < 1.29 is 4.52 Å². The van der Waals surface area contributed by atoms with Crippen LogP contribution in [0.4, 0.5) is 0 Å². The first-order chi connectivity index (χ1) is 12.1. The molecule has 0 radical (unpaired) electrons. The summed E-state index contributed by atoms with van der Waals surface area (Å²) < 4.78 is 7.58. The zero-order valence-electron chi connectivity index (χ0n) is 14.9. The topological polar surface area (TPSA) is 56.7 Å². The normalized spacial score (nSPS) is 11.4. The van der Waals surface area contributed by atoms with Crippen LogP contribution < -0.4 is 0 Å². The maximum Gasteiger partial charge on any atom is 0.178 e. The number of rotatable bonds is 3. The predicted octanol–water partition coefficient (Wildman–Crippen LogP) is 4.37. The summed E-state index contributed by atoms with van der Waals surface area (Å²) in [5.41, 5.74) is 7.20. The molecule has 0 saturated carbocycles. The van der Waals surface area contributed by atoms with E-state index >= 15 is 0 Å². The van der Waals surface area contributed by atoms with Crippen LogP contribution in [-0.2, 0) is 6.54 Å². The van der Waals surface area contributed by atoms with Crippen LogP contribution in [0.15, 0.2) is 41.1 Å². The van der Waals surface area contributed by atoms with Gasteiger partial charge >= 0.3 is 0 Å². The second-order valence-electron chi connectivity index (χ2n) is 6.40. The average molecular weight is 332 g/mol. The third-order valence-corrected chi connectivity index (χ3v) is 4.70. The zero-order chi connectivity index (χ0) is 17.6. The fourth-order valence-corrected chi connectivity index (χ4v) is 3.44. The molecule has 0 aliphatic carbocycles. The summed E-state index contributed by atoms with van der Waals surface area (Å²) in [4.78, 5) is 9.25. The summed E-state index contributed by atoms with van der Waals surface area (Å²) in [6, 6.07) is 10.4. The highest BCUT2D eigenvalue weighted by atomic mass is 16.5. The molecular formula is C20H20N4O. The highest BCUT2D eigenvalue weighted by molar-refractivity contribution is 5.85. The third-order valence-electron chi connectivity index (χ3n) is 4.70. The molecule has 0 atom stereocenters. The first-order valence-corrected chi connectivity index (χ1v) is 8.36. The first kappa shape index (κ1) is 15.6. The molecule has 3 aromatic heterocycles. The summed E-state index contributed by atoms with van der Waals surface area (Å²) in [6.45, 7) is 8.82. The lowest BCUT2D eigenvalue weighted by Gasteiger charge is -2.11. The van der Waals surface area contributed by atoms with E-state index < -0.39 is 0 Å². The number of nitrogens with zero attached hydrogens (tertiary/aromatic N) is 4. The number of aromatic nitrogens is 4. The smallest absolute Gasteiger partial charge is 0.178 e. The number of hydrogen-bond acceptors (Lipinski definition) is 4. The molecule has 0 unspecified atom stereocenters. The van der Waals surface area contributed by atoms with Gasteiger partial charge in [-0.1, -0.05) is 35.5 Å². The standard InChI is InChI=1S/C20H20N4O/c1-12-17(18-13(2)23-25-14(18)3)10-21-20-19(12)24(15(4)22-20)11-16-8-6-5-7-9-16/h5-10H,11H2,1-4H3. The van der Waals surface area contributed by atoms with Crippen LogP contribution in [0.1, 0.15) is 28.4 Å². The fourth-order valence-electron chi connectivity index (χ4n) is 3.44. The van der Waals surface area contributed by atoms with Crippen molar-refractivity contribution >= 4 is 11.2 Å². The Balaban J connectivity index is 1.93. The van der Waals surface area contributed by atoms with Crippen molar-refractivity contribution in [1.29, 1.82) is 0 Å². The summed E-state index contributed by atoms with van der Waals surface area (Å²) in [6.07, 6.45) is 1.88. The van der Waals surface area contributed by atoms with E-state index in [0.29, 0.717) is 0 Å². The SMILES string of the molecule is Cc1noc(C)c1-c1cnc2nc(C)n(Cc3ccccc3)c2c1C. The summed E-state index contributed by atoms with van der Waals surface area (Å²) in [5.74, 6) is 1.78. The third kappa shape index (κ3) is 2.52. The van der Waals surface area contributed by atoms with E-state index in [-0.39, 0.29) is 0 Å². The Morgan fingerprint density at radius 2 is 1.80 bits per heavy atom. The Hall–Kier alpha value is -2.95. The van der Waals surface area contributed by atoms with Crippen LogP contribution in [0.25, 0.3) is 22.3 Å². The van der Waals surface area contributed by atoms with Gasteiger partial charge in [-0.25, -0.2) is 9.97 Å². The van der Waals surface area contributed by atoms with E-state index in [4.69, 9.17) is 4.52 Å². The van der Waals surface area contributed by atoms with Crippen LogP contribution in [0, 0.1) is 27.7 Å². The minimum atomic E-state index is 0.775. The lowest BCUT2D eigenvalue weighted by Crippen LogP contribution is -2.03. The van der Waals surface area contributed by atoms with Crippen LogP contribution in [-0.4, -0.2) is 19.7 Å². The van der Waals surface area contributed by atoms with E-state index in [1.165, 1.54) is 5.56 Å². The van der Waals surface area contributed by atoms with Gasteiger partial charge in [-0.05, 0) is 38.8 Å². The van der Waals surface area contributed by atoms with E-state index in [9.17, 15) is 0 Å². The van der Waals surface area contributed by atoms with Crippen LogP contribution in [0.2, 0.25) is 0 Å². The number of hydrogen-bond donors (Lipinski definition) is 0. The van der Waals surface area contributed by atoms with E-state index in [1.54, 1.807) is 0 Å². The van der Waals surface area contributed by atoms with Gasteiger partial charge in [0, 0.05) is 23.9 Å². The zero-order valence-corrected chi connectivity index (χ0v) is 14.9. The van der Waals surface area contributed by atoms with Gasteiger partial charge in [-0.2, -0.15) is 0 Å².